The topological polar surface area (TPSA) is 24.1 Å². The van der Waals surface area contributed by atoms with Crippen molar-refractivity contribution in [1.82, 2.24) is 10.6 Å². The highest BCUT2D eigenvalue weighted by Gasteiger charge is 1.96. The fourth-order valence-corrected chi connectivity index (χ4v) is 2.03. The van der Waals surface area contributed by atoms with Gasteiger partial charge in [-0.3, -0.25) is 0 Å². The molecule has 2 aromatic carbocycles. The van der Waals surface area contributed by atoms with Gasteiger partial charge in [0.25, 0.3) is 0 Å². The Balaban J connectivity index is 1.84. The maximum absolute atomic E-state index is 3.46. The van der Waals surface area contributed by atoms with Gasteiger partial charge >= 0.3 is 0 Å². The molecule has 0 aliphatic carbocycles. The number of hydrogen-bond donors (Lipinski definition) is 2. The fourth-order valence-electron chi connectivity index (χ4n) is 2.03. The Morgan fingerprint density at radius 2 is 1.72 bits per heavy atom. The summed E-state index contributed by atoms with van der Waals surface area (Å²) in [7, 11) is 0. The first-order valence-corrected chi connectivity index (χ1v) is 6.67. The number of hydrogen-bond acceptors (Lipinski definition) is 2. The molecule has 0 aliphatic rings. The van der Waals surface area contributed by atoms with Gasteiger partial charge < -0.3 is 10.6 Å². The van der Waals surface area contributed by atoms with Crippen molar-refractivity contribution in [2.75, 3.05) is 13.1 Å². The van der Waals surface area contributed by atoms with Gasteiger partial charge in [-0.15, -0.1) is 0 Å². The van der Waals surface area contributed by atoms with Crippen molar-refractivity contribution in [1.29, 1.82) is 0 Å². The van der Waals surface area contributed by atoms with E-state index in [9.17, 15) is 0 Å². The predicted molar refractivity (Wildman–Crippen MR) is 78.8 cm³/mol. The normalized spacial score (nSPS) is 11.3. The van der Waals surface area contributed by atoms with Crippen LogP contribution in [0.3, 0.4) is 0 Å². The molecule has 18 heavy (non-hydrogen) atoms. The molecule has 0 radical (unpaired) electrons. The summed E-state index contributed by atoms with van der Waals surface area (Å²) in [5.74, 6) is 0. The molecule has 0 heterocycles. The van der Waals surface area contributed by atoms with Crippen molar-refractivity contribution in [3.63, 3.8) is 0 Å². The van der Waals surface area contributed by atoms with Crippen LogP contribution in [0.15, 0.2) is 42.5 Å². The number of nitrogens with one attached hydrogen (secondary N) is 2. The molecule has 2 rings (SSSR count). The lowest BCUT2D eigenvalue weighted by Crippen LogP contribution is -2.31. The maximum atomic E-state index is 3.46. The predicted octanol–water partition coefficient (Wildman–Crippen LogP) is 2.93. The Kier molecular flexibility index (Phi) is 4.73. The molecule has 2 N–H and O–H groups in total. The van der Waals surface area contributed by atoms with E-state index >= 15 is 0 Å². The van der Waals surface area contributed by atoms with Crippen LogP contribution in [-0.2, 0) is 6.54 Å². The van der Waals surface area contributed by atoms with Gasteiger partial charge in [-0.2, -0.15) is 0 Å². The molecule has 0 fully saturated rings. The second kappa shape index (κ2) is 6.53. The summed E-state index contributed by atoms with van der Waals surface area (Å²) in [5, 5.41) is 9.48. The van der Waals surface area contributed by atoms with Gasteiger partial charge in [0.05, 0.1) is 0 Å². The van der Waals surface area contributed by atoms with Crippen LogP contribution in [0.4, 0.5) is 0 Å². The molecule has 0 bridgehead atoms. The zero-order chi connectivity index (χ0) is 12.8. The Hall–Kier alpha value is -1.38. The molecular weight excluding hydrogens is 220 g/mol. The smallest absolute Gasteiger partial charge is 0.0206 e. The first kappa shape index (κ1) is 13.1. The molecule has 0 spiro atoms. The van der Waals surface area contributed by atoms with Crippen molar-refractivity contribution in [3.05, 3.63) is 48.0 Å². The zero-order valence-electron chi connectivity index (χ0n) is 11.2. The number of rotatable bonds is 6. The summed E-state index contributed by atoms with van der Waals surface area (Å²) in [5.41, 5.74) is 1.35. The van der Waals surface area contributed by atoms with Gasteiger partial charge in [0.15, 0.2) is 0 Å². The first-order chi connectivity index (χ1) is 8.75. The van der Waals surface area contributed by atoms with Crippen molar-refractivity contribution < 1.29 is 0 Å². The van der Waals surface area contributed by atoms with Crippen LogP contribution in [0.5, 0.6) is 0 Å². The summed E-state index contributed by atoms with van der Waals surface area (Å²) in [4.78, 5) is 0. The third-order valence-corrected chi connectivity index (χ3v) is 3.00. The lowest BCUT2D eigenvalue weighted by Gasteiger charge is -2.09. The molecule has 0 aromatic heterocycles. The van der Waals surface area contributed by atoms with E-state index in [2.05, 4.69) is 66.9 Å². The van der Waals surface area contributed by atoms with Crippen LogP contribution in [0, 0.1) is 0 Å². The summed E-state index contributed by atoms with van der Waals surface area (Å²) in [6.07, 6.45) is 0. The minimum Gasteiger partial charge on any atom is -0.313 e. The standard InChI is InChI=1S/C16H22N2/c1-13(2)18-10-9-17-12-14-7-8-15-5-3-4-6-16(15)11-14/h3-8,11,13,17-18H,9-10,12H2,1-2H3. The van der Waals surface area contributed by atoms with Crippen LogP contribution >= 0.6 is 0 Å². The molecule has 0 saturated heterocycles. The SMILES string of the molecule is CC(C)NCCNCc1ccc2ccccc2c1. The largest absolute Gasteiger partial charge is 0.313 e. The number of benzene rings is 2. The van der Waals surface area contributed by atoms with Crippen molar-refractivity contribution in [3.8, 4) is 0 Å². The monoisotopic (exact) mass is 242 g/mol. The zero-order valence-corrected chi connectivity index (χ0v) is 11.2. The van der Waals surface area contributed by atoms with Crippen LogP contribution in [0.2, 0.25) is 0 Å². The Morgan fingerprint density at radius 3 is 2.50 bits per heavy atom. The Morgan fingerprint density at radius 1 is 0.944 bits per heavy atom. The van der Waals surface area contributed by atoms with Crippen molar-refractivity contribution in [2.45, 2.75) is 26.4 Å². The molecule has 0 aliphatic heterocycles. The highest BCUT2D eigenvalue weighted by atomic mass is 15.0. The molecule has 0 atom stereocenters. The Labute approximate surface area is 109 Å². The first-order valence-electron chi connectivity index (χ1n) is 6.67. The van der Waals surface area contributed by atoms with Gasteiger partial charge in [0.1, 0.15) is 0 Å². The minimum absolute atomic E-state index is 0.562. The van der Waals surface area contributed by atoms with E-state index in [4.69, 9.17) is 0 Å². The van der Waals surface area contributed by atoms with E-state index in [-0.39, 0.29) is 0 Å². The molecule has 0 amide bonds. The van der Waals surface area contributed by atoms with Gasteiger partial charge in [-0.25, -0.2) is 0 Å². The fraction of sp³-hybridized carbons (Fsp3) is 0.375. The summed E-state index contributed by atoms with van der Waals surface area (Å²) in [6.45, 7) is 7.30. The van der Waals surface area contributed by atoms with Crippen LogP contribution in [0.1, 0.15) is 19.4 Å². The van der Waals surface area contributed by atoms with Crippen LogP contribution in [0.25, 0.3) is 10.8 Å². The second-order valence-corrected chi connectivity index (χ2v) is 4.97. The molecular formula is C16H22N2. The molecule has 96 valence electrons. The minimum atomic E-state index is 0.562. The lowest BCUT2D eigenvalue weighted by atomic mass is 10.1. The van der Waals surface area contributed by atoms with Gasteiger partial charge in [0, 0.05) is 25.7 Å². The van der Waals surface area contributed by atoms with Gasteiger partial charge in [-0.05, 0) is 22.4 Å². The lowest BCUT2D eigenvalue weighted by molar-refractivity contribution is 0.556. The van der Waals surface area contributed by atoms with Crippen LogP contribution in [-0.4, -0.2) is 19.1 Å². The molecule has 2 aromatic rings. The van der Waals surface area contributed by atoms with E-state index in [1.807, 2.05) is 0 Å². The second-order valence-electron chi connectivity index (χ2n) is 4.97. The number of fused-ring (bicyclic) bond motifs is 1. The quantitative estimate of drug-likeness (QED) is 0.761. The van der Waals surface area contributed by atoms with E-state index in [0.717, 1.165) is 19.6 Å². The third kappa shape index (κ3) is 3.83. The van der Waals surface area contributed by atoms with E-state index in [0.29, 0.717) is 6.04 Å². The average molecular weight is 242 g/mol. The Bertz CT molecular complexity index is 491. The van der Waals surface area contributed by atoms with E-state index in [1.54, 1.807) is 0 Å². The molecule has 0 saturated carbocycles. The summed E-state index contributed by atoms with van der Waals surface area (Å²) < 4.78 is 0. The summed E-state index contributed by atoms with van der Waals surface area (Å²) >= 11 is 0. The van der Waals surface area contributed by atoms with Crippen molar-refractivity contribution >= 4 is 10.8 Å². The molecule has 2 heteroatoms. The van der Waals surface area contributed by atoms with Gasteiger partial charge in [-0.1, -0.05) is 50.2 Å². The van der Waals surface area contributed by atoms with E-state index < -0.39 is 0 Å². The summed E-state index contributed by atoms with van der Waals surface area (Å²) in [6, 6.07) is 15.7. The molecule has 2 nitrogen and oxygen atoms in total. The third-order valence-electron chi connectivity index (χ3n) is 3.00. The van der Waals surface area contributed by atoms with Gasteiger partial charge in [0.2, 0.25) is 0 Å². The van der Waals surface area contributed by atoms with Crippen LogP contribution < -0.4 is 10.6 Å². The van der Waals surface area contributed by atoms with Crippen molar-refractivity contribution in [2.24, 2.45) is 0 Å². The van der Waals surface area contributed by atoms with E-state index in [1.165, 1.54) is 16.3 Å². The highest BCUT2D eigenvalue weighted by Crippen LogP contribution is 2.15. The highest BCUT2D eigenvalue weighted by molar-refractivity contribution is 5.82. The maximum Gasteiger partial charge on any atom is 0.0206 e. The molecule has 0 unspecified atom stereocenters. The average Bonchev–Trinajstić information content (AvgIpc) is 2.38.